The Kier molecular flexibility index (Phi) is 3.84. The van der Waals surface area contributed by atoms with E-state index in [1.807, 2.05) is 56.3 Å². The van der Waals surface area contributed by atoms with Crippen LogP contribution in [0.5, 0.6) is 5.75 Å². The van der Waals surface area contributed by atoms with Gasteiger partial charge in [-0.15, -0.1) is 0 Å². The molecule has 1 aliphatic heterocycles. The summed E-state index contributed by atoms with van der Waals surface area (Å²) in [7, 11) is 0. The summed E-state index contributed by atoms with van der Waals surface area (Å²) in [6, 6.07) is 15.7. The Labute approximate surface area is 146 Å². The van der Waals surface area contributed by atoms with Crippen LogP contribution in [0.3, 0.4) is 0 Å². The minimum absolute atomic E-state index is 0.0517. The Morgan fingerprint density at radius 1 is 1.24 bits per heavy atom. The summed E-state index contributed by atoms with van der Waals surface area (Å²) in [5, 5.41) is 4.10. The van der Waals surface area contributed by atoms with Crippen LogP contribution in [0.25, 0.3) is 10.9 Å². The molecule has 2 amide bonds. The smallest absolute Gasteiger partial charge is 0.322 e. The Balaban J connectivity index is 1.55. The highest BCUT2D eigenvalue weighted by molar-refractivity contribution is 5.93. The van der Waals surface area contributed by atoms with Crippen LogP contribution in [0, 0.1) is 6.92 Å². The average molecular weight is 335 g/mol. The summed E-state index contributed by atoms with van der Waals surface area (Å²) < 4.78 is 5.92. The largest absolute Gasteiger partial charge is 0.489 e. The molecule has 0 saturated heterocycles. The van der Waals surface area contributed by atoms with Crippen molar-refractivity contribution in [3.05, 3.63) is 59.8 Å². The zero-order valence-electron chi connectivity index (χ0n) is 14.4. The Morgan fingerprint density at radius 3 is 2.96 bits per heavy atom. The van der Waals surface area contributed by atoms with Gasteiger partial charge >= 0.3 is 6.03 Å². The van der Waals surface area contributed by atoms with Gasteiger partial charge in [0.15, 0.2) is 0 Å². The highest BCUT2D eigenvalue weighted by atomic mass is 16.5. The first-order chi connectivity index (χ1) is 12.1. The third kappa shape index (κ3) is 3.18. The molecule has 0 spiro atoms. The number of urea groups is 1. The minimum atomic E-state index is -0.112. The van der Waals surface area contributed by atoms with Crippen LogP contribution in [-0.4, -0.2) is 28.6 Å². The molecule has 1 unspecified atom stereocenters. The predicted molar refractivity (Wildman–Crippen MR) is 99.0 cm³/mol. The van der Waals surface area contributed by atoms with Crippen molar-refractivity contribution in [2.24, 2.45) is 0 Å². The van der Waals surface area contributed by atoms with Crippen molar-refractivity contribution in [3.63, 3.8) is 0 Å². The number of nitrogens with one attached hydrogen (secondary N) is 2. The van der Waals surface area contributed by atoms with E-state index in [9.17, 15) is 4.79 Å². The Morgan fingerprint density at radius 2 is 2.08 bits per heavy atom. The summed E-state index contributed by atoms with van der Waals surface area (Å²) in [4.78, 5) is 17.9. The van der Waals surface area contributed by atoms with E-state index in [2.05, 4.69) is 16.4 Å². The fourth-order valence-electron chi connectivity index (χ4n) is 3.30. The second-order valence-electron chi connectivity index (χ2n) is 6.60. The number of hydrogen-bond donors (Lipinski definition) is 2. The summed E-state index contributed by atoms with van der Waals surface area (Å²) in [6.45, 7) is 5.09. The molecule has 2 N–H and O–H groups in total. The number of ether oxygens (including phenoxy) is 1. The van der Waals surface area contributed by atoms with Gasteiger partial charge in [-0.1, -0.05) is 18.2 Å². The number of amides is 2. The number of para-hydroxylation sites is 1. The van der Waals surface area contributed by atoms with E-state index in [1.165, 1.54) is 0 Å². The predicted octanol–water partition coefficient (Wildman–Crippen LogP) is 4.29. The number of carbonyl (C=O) groups excluding carboxylic acids is 1. The van der Waals surface area contributed by atoms with Crippen LogP contribution in [0.1, 0.15) is 18.2 Å². The lowest BCUT2D eigenvalue weighted by molar-refractivity contribution is 0.167. The molecular weight excluding hydrogens is 314 g/mol. The number of fused-ring (bicyclic) bond motifs is 2. The molecule has 0 saturated carbocycles. The van der Waals surface area contributed by atoms with Gasteiger partial charge in [-0.2, -0.15) is 0 Å². The van der Waals surface area contributed by atoms with E-state index in [0.29, 0.717) is 13.1 Å². The average Bonchev–Trinajstić information content (AvgIpc) is 2.85. The topological polar surface area (TPSA) is 57.4 Å². The molecule has 0 bridgehead atoms. The third-order valence-electron chi connectivity index (χ3n) is 4.43. The molecule has 0 fully saturated rings. The molecule has 3 aromatic rings. The van der Waals surface area contributed by atoms with Gasteiger partial charge in [0, 0.05) is 27.8 Å². The van der Waals surface area contributed by atoms with E-state index >= 15 is 0 Å². The molecule has 4 rings (SSSR count). The van der Waals surface area contributed by atoms with E-state index in [4.69, 9.17) is 4.74 Å². The molecule has 2 aromatic carbocycles. The summed E-state index contributed by atoms with van der Waals surface area (Å²) in [5.74, 6) is 0.856. The second kappa shape index (κ2) is 6.16. The monoisotopic (exact) mass is 335 g/mol. The maximum absolute atomic E-state index is 12.8. The standard InChI is InChI=1S/C20H21N3O2/c1-13-9-16-10-17(7-8-18(16)21-13)22-20(24)23-11-14(2)25-19-6-4-3-5-15(19)12-23/h3-10,14,21H,11-12H2,1-2H3,(H,22,24). The Hall–Kier alpha value is -2.95. The highest BCUT2D eigenvalue weighted by Crippen LogP contribution is 2.25. The van der Waals surface area contributed by atoms with Crippen molar-refractivity contribution in [3.8, 4) is 5.75 Å². The molecule has 1 aromatic heterocycles. The zero-order valence-corrected chi connectivity index (χ0v) is 14.4. The lowest BCUT2D eigenvalue weighted by atomic mass is 10.2. The van der Waals surface area contributed by atoms with Crippen LogP contribution in [-0.2, 0) is 6.54 Å². The van der Waals surface area contributed by atoms with Gasteiger partial charge in [-0.25, -0.2) is 4.79 Å². The number of nitrogens with zero attached hydrogens (tertiary/aromatic N) is 1. The van der Waals surface area contributed by atoms with Crippen molar-refractivity contribution >= 4 is 22.6 Å². The number of aryl methyl sites for hydroxylation is 1. The lowest BCUT2D eigenvalue weighted by Crippen LogP contribution is -2.38. The number of H-pyrrole nitrogens is 1. The van der Waals surface area contributed by atoms with Crippen molar-refractivity contribution in [2.75, 3.05) is 11.9 Å². The molecule has 25 heavy (non-hydrogen) atoms. The number of rotatable bonds is 1. The lowest BCUT2D eigenvalue weighted by Gasteiger charge is -2.22. The van der Waals surface area contributed by atoms with Crippen LogP contribution in [0.15, 0.2) is 48.5 Å². The third-order valence-corrected chi connectivity index (χ3v) is 4.43. The van der Waals surface area contributed by atoms with E-state index < -0.39 is 0 Å². The number of aromatic amines is 1. The maximum Gasteiger partial charge on any atom is 0.322 e. The van der Waals surface area contributed by atoms with Crippen molar-refractivity contribution in [1.82, 2.24) is 9.88 Å². The van der Waals surface area contributed by atoms with Gasteiger partial charge in [-0.05, 0) is 44.2 Å². The van der Waals surface area contributed by atoms with Gasteiger partial charge in [0.25, 0.3) is 0 Å². The summed E-state index contributed by atoms with van der Waals surface area (Å²) >= 11 is 0. The Bertz CT molecular complexity index is 932. The first-order valence-corrected chi connectivity index (χ1v) is 8.48. The van der Waals surface area contributed by atoms with Crippen molar-refractivity contribution < 1.29 is 9.53 Å². The van der Waals surface area contributed by atoms with Gasteiger partial charge in [0.05, 0.1) is 13.1 Å². The van der Waals surface area contributed by atoms with Crippen LogP contribution < -0.4 is 10.1 Å². The first-order valence-electron chi connectivity index (χ1n) is 8.48. The number of anilines is 1. The fraction of sp³-hybridized carbons (Fsp3) is 0.250. The zero-order chi connectivity index (χ0) is 17.4. The van der Waals surface area contributed by atoms with Gasteiger partial charge in [0.1, 0.15) is 11.9 Å². The van der Waals surface area contributed by atoms with Crippen LogP contribution in [0.4, 0.5) is 10.5 Å². The molecule has 1 aliphatic rings. The van der Waals surface area contributed by atoms with Crippen molar-refractivity contribution in [1.29, 1.82) is 0 Å². The maximum atomic E-state index is 12.8. The second-order valence-corrected chi connectivity index (χ2v) is 6.60. The molecule has 0 radical (unpaired) electrons. The van der Waals surface area contributed by atoms with Crippen LogP contribution >= 0.6 is 0 Å². The fourth-order valence-corrected chi connectivity index (χ4v) is 3.30. The van der Waals surface area contributed by atoms with Gasteiger partial charge < -0.3 is 19.9 Å². The molecular formula is C20H21N3O2. The van der Waals surface area contributed by atoms with Gasteiger partial charge in [0.2, 0.25) is 0 Å². The number of carbonyl (C=O) groups is 1. The minimum Gasteiger partial charge on any atom is -0.489 e. The van der Waals surface area contributed by atoms with Crippen LogP contribution in [0.2, 0.25) is 0 Å². The van der Waals surface area contributed by atoms with E-state index in [0.717, 1.165) is 33.6 Å². The molecule has 5 nitrogen and oxygen atoms in total. The molecule has 5 heteroatoms. The van der Waals surface area contributed by atoms with E-state index in [1.54, 1.807) is 4.90 Å². The molecule has 0 aliphatic carbocycles. The number of aromatic nitrogens is 1. The molecule has 2 heterocycles. The summed E-state index contributed by atoms with van der Waals surface area (Å²) in [5.41, 5.74) is 4.00. The quantitative estimate of drug-likeness (QED) is 0.697. The first kappa shape index (κ1) is 15.6. The highest BCUT2D eigenvalue weighted by Gasteiger charge is 2.23. The van der Waals surface area contributed by atoms with Crippen molar-refractivity contribution in [2.45, 2.75) is 26.5 Å². The normalized spacial score (nSPS) is 16.9. The molecule has 1 atom stereocenters. The number of hydrogen-bond acceptors (Lipinski definition) is 2. The molecule has 128 valence electrons. The van der Waals surface area contributed by atoms with E-state index in [-0.39, 0.29) is 12.1 Å². The number of benzene rings is 2. The van der Waals surface area contributed by atoms with Gasteiger partial charge in [-0.3, -0.25) is 0 Å². The summed E-state index contributed by atoms with van der Waals surface area (Å²) in [6.07, 6.45) is -0.0517. The SMILES string of the molecule is Cc1cc2cc(NC(=O)N3Cc4ccccc4OC(C)C3)ccc2[nH]1.